The summed E-state index contributed by atoms with van der Waals surface area (Å²) in [5.74, 6) is -0.0913. The van der Waals surface area contributed by atoms with Crippen LogP contribution >= 0.6 is 11.8 Å². The molecule has 3 aliphatic rings. The number of carbonyl (C=O) groups is 2. The molecule has 1 fully saturated rings. The fourth-order valence-electron chi connectivity index (χ4n) is 3.84. The number of hydrogen-bond donors (Lipinski definition) is 2. The zero-order valence-corrected chi connectivity index (χ0v) is 18.6. The zero-order chi connectivity index (χ0) is 23.1. The van der Waals surface area contributed by atoms with Crippen LogP contribution in [0.2, 0.25) is 0 Å². The van der Waals surface area contributed by atoms with E-state index in [4.69, 9.17) is 9.83 Å². The van der Waals surface area contributed by atoms with Crippen molar-refractivity contribution in [1.82, 2.24) is 9.91 Å². The number of hydrazone groups is 1. The van der Waals surface area contributed by atoms with Gasteiger partial charge in [-0.15, -0.1) is 5.10 Å². The van der Waals surface area contributed by atoms with E-state index in [0.717, 1.165) is 31.1 Å². The molecule has 33 heavy (non-hydrogen) atoms. The second kappa shape index (κ2) is 8.36. The Hall–Kier alpha value is -3.66. The van der Waals surface area contributed by atoms with E-state index < -0.39 is 11.9 Å². The van der Waals surface area contributed by atoms with Crippen LogP contribution in [0.3, 0.4) is 0 Å². The molecule has 2 aromatic rings. The highest BCUT2D eigenvalue weighted by molar-refractivity contribution is 8.26. The summed E-state index contributed by atoms with van der Waals surface area (Å²) < 4.78 is 5.81. The van der Waals surface area contributed by atoms with Gasteiger partial charge in [0.25, 0.3) is 5.91 Å². The molecule has 0 spiro atoms. The molecule has 10 heteroatoms. The number of carboxylic acids is 1. The van der Waals surface area contributed by atoms with Crippen molar-refractivity contribution < 1.29 is 19.1 Å². The molecule has 5 rings (SSSR count). The second-order valence-corrected chi connectivity index (χ2v) is 9.09. The largest absolute Gasteiger partial charge is 0.478 e. The fourth-order valence-corrected chi connectivity index (χ4v) is 4.79. The molecule has 0 aliphatic carbocycles. The quantitative estimate of drug-likeness (QED) is 0.661. The molecule has 0 saturated carbocycles. The van der Waals surface area contributed by atoms with Crippen LogP contribution in [-0.2, 0) is 4.79 Å². The number of piperidine rings is 1. The lowest BCUT2D eigenvalue weighted by atomic mass is 10.00. The van der Waals surface area contributed by atoms with E-state index in [1.54, 1.807) is 24.3 Å². The Kier molecular flexibility index (Phi) is 5.37. The Labute approximate surface area is 194 Å². The average Bonchev–Trinajstić information content (AvgIpc) is 3.45. The maximum atomic E-state index is 12.7. The first-order valence-corrected chi connectivity index (χ1v) is 11.4. The van der Waals surface area contributed by atoms with E-state index in [-0.39, 0.29) is 17.0 Å². The Morgan fingerprint density at radius 3 is 2.79 bits per heavy atom. The highest BCUT2D eigenvalue weighted by Gasteiger charge is 2.38. The third kappa shape index (κ3) is 4.09. The summed E-state index contributed by atoms with van der Waals surface area (Å²) in [6, 6.07) is 9.76. The number of rotatable bonds is 3. The smallest absolute Gasteiger partial charge is 0.335 e. The predicted octanol–water partition coefficient (Wildman–Crippen LogP) is 3.95. The highest BCUT2D eigenvalue weighted by atomic mass is 32.2. The minimum atomic E-state index is -1.02. The summed E-state index contributed by atoms with van der Waals surface area (Å²) in [6.07, 6.45) is 3.64. The van der Waals surface area contributed by atoms with Crippen LogP contribution in [0, 0.1) is 11.3 Å². The van der Waals surface area contributed by atoms with Gasteiger partial charge in [0.15, 0.2) is 11.0 Å². The fraction of sp³-hybridized carbons (Fsp3) is 0.261. The van der Waals surface area contributed by atoms with E-state index in [0.29, 0.717) is 28.2 Å². The van der Waals surface area contributed by atoms with Crippen molar-refractivity contribution in [1.29, 1.82) is 5.41 Å². The highest BCUT2D eigenvalue weighted by Crippen LogP contribution is 2.32. The van der Waals surface area contributed by atoms with Crippen LogP contribution in [0.1, 0.15) is 35.9 Å². The molecule has 1 amide bonds. The Balaban J connectivity index is 1.38. The lowest BCUT2D eigenvalue weighted by Crippen LogP contribution is -2.36. The summed E-state index contributed by atoms with van der Waals surface area (Å²) in [7, 11) is 0. The number of benzene rings is 1. The van der Waals surface area contributed by atoms with Gasteiger partial charge in [-0.25, -0.2) is 4.79 Å². The molecule has 0 radical (unpaired) electrons. The number of fused-ring (bicyclic) bond motifs is 1. The minimum Gasteiger partial charge on any atom is -0.478 e. The summed E-state index contributed by atoms with van der Waals surface area (Å²) in [5, 5.41) is 24.8. The van der Waals surface area contributed by atoms with Crippen molar-refractivity contribution in [2.24, 2.45) is 16.0 Å². The number of hydrogen-bond acceptors (Lipinski definition) is 7. The maximum Gasteiger partial charge on any atom is 0.335 e. The van der Waals surface area contributed by atoms with Gasteiger partial charge in [0.05, 0.1) is 11.1 Å². The first-order valence-electron chi connectivity index (χ1n) is 10.6. The van der Waals surface area contributed by atoms with Gasteiger partial charge < -0.3 is 14.4 Å². The van der Waals surface area contributed by atoms with Gasteiger partial charge in [0.2, 0.25) is 5.17 Å². The van der Waals surface area contributed by atoms with Crippen molar-refractivity contribution in [3.05, 3.63) is 53.3 Å². The SMILES string of the molecule is CC1CCN(C2=NN3C(=N)/C(=C\c4ccc(-c5cccc(C(=O)O)c5)o4)C(=O)N=C3S2)CC1. The molecule has 168 valence electrons. The van der Waals surface area contributed by atoms with E-state index >= 15 is 0 Å². The van der Waals surface area contributed by atoms with E-state index in [1.807, 2.05) is 0 Å². The number of furan rings is 1. The van der Waals surface area contributed by atoms with E-state index in [2.05, 4.69) is 21.9 Å². The summed E-state index contributed by atoms with van der Waals surface area (Å²) in [4.78, 5) is 30.2. The number of amides is 1. The topological polar surface area (TPSA) is 123 Å². The van der Waals surface area contributed by atoms with Gasteiger partial charge in [-0.2, -0.15) is 10.0 Å². The molecule has 1 saturated heterocycles. The number of nitrogens with one attached hydrogen (secondary N) is 1. The van der Waals surface area contributed by atoms with Gasteiger partial charge in [-0.1, -0.05) is 19.1 Å². The summed E-state index contributed by atoms with van der Waals surface area (Å²) in [5.41, 5.74) is 0.834. The third-order valence-electron chi connectivity index (χ3n) is 5.81. The number of aromatic carboxylic acids is 1. The van der Waals surface area contributed by atoms with Crippen LogP contribution in [-0.4, -0.2) is 56.2 Å². The molecule has 0 atom stereocenters. The predicted molar refractivity (Wildman–Crippen MR) is 126 cm³/mol. The molecule has 0 unspecified atom stereocenters. The summed E-state index contributed by atoms with van der Waals surface area (Å²) in [6.45, 7) is 4.04. The Bertz CT molecular complexity index is 1250. The second-order valence-electron chi connectivity index (χ2n) is 8.16. The number of amidine groups is 3. The molecular formula is C23H21N5O4S. The van der Waals surface area contributed by atoms with Crippen LogP contribution in [0.5, 0.6) is 0 Å². The molecule has 1 aromatic heterocycles. The van der Waals surface area contributed by atoms with Crippen LogP contribution in [0.25, 0.3) is 17.4 Å². The van der Waals surface area contributed by atoms with Crippen molar-refractivity contribution >= 4 is 45.9 Å². The molecule has 1 aromatic carbocycles. The van der Waals surface area contributed by atoms with Crippen molar-refractivity contribution in [3.8, 4) is 11.3 Å². The van der Waals surface area contributed by atoms with Crippen molar-refractivity contribution in [2.75, 3.05) is 13.1 Å². The van der Waals surface area contributed by atoms with Gasteiger partial charge in [0.1, 0.15) is 11.5 Å². The molecule has 2 N–H and O–H groups in total. The maximum absolute atomic E-state index is 12.7. The standard InChI is InChI=1S/C23H21N5O4S/c1-13-7-9-27(10-8-13)23-26-28-19(24)17(20(29)25-22(28)33-23)12-16-5-6-18(32-16)14-3-2-4-15(11-14)21(30)31/h2-6,11-13,24H,7-10H2,1H3,(H,30,31)/b17-12+,24-19?. The van der Waals surface area contributed by atoms with Gasteiger partial charge in [-0.05, 0) is 60.9 Å². The third-order valence-corrected chi connectivity index (χ3v) is 6.77. The van der Waals surface area contributed by atoms with Gasteiger partial charge in [0, 0.05) is 18.7 Å². The molecule has 0 bridgehead atoms. The monoisotopic (exact) mass is 463 g/mol. The normalized spacial score (nSPS) is 20.2. The summed E-state index contributed by atoms with van der Waals surface area (Å²) >= 11 is 1.31. The number of carboxylic acid groups (broad SMARTS) is 1. The van der Waals surface area contributed by atoms with Gasteiger partial charge >= 0.3 is 5.97 Å². The Morgan fingerprint density at radius 1 is 1.24 bits per heavy atom. The average molecular weight is 464 g/mol. The lowest BCUT2D eigenvalue weighted by Gasteiger charge is -2.30. The van der Waals surface area contributed by atoms with Crippen LogP contribution in [0.4, 0.5) is 0 Å². The molecule has 3 aliphatic heterocycles. The first kappa shape index (κ1) is 21.2. The van der Waals surface area contributed by atoms with Gasteiger partial charge in [-0.3, -0.25) is 10.2 Å². The molecule has 9 nitrogen and oxygen atoms in total. The van der Waals surface area contributed by atoms with E-state index in [1.165, 1.54) is 35.0 Å². The van der Waals surface area contributed by atoms with Crippen molar-refractivity contribution in [2.45, 2.75) is 19.8 Å². The van der Waals surface area contributed by atoms with E-state index in [9.17, 15) is 14.7 Å². The lowest BCUT2D eigenvalue weighted by molar-refractivity contribution is -0.114. The molecule has 4 heterocycles. The number of aliphatic imine (C=N–C) groups is 1. The Morgan fingerprint density at radius 2 is 2.03 bits per heavy atom. The van der Waals surface area contributed by atoms with Crippen LogP contribution in [0.15, 0.2) is 56.5 Å². The number of carbonyl (C=O) groups excluding carboxylic acids is 1. The number of nitrogens with zero attached hydrogens (tertiary/aromatic N) is 4. The first-order chi connectivity index (χ1) is 15.9. The minimum absolute atomic E-state index is 0.0521. The number of thioether (sulfide) groups is 1. The molecular weight excluding hydrogens is 442 g/mol. The van der Waals surface area contributed by atoms with Crippen LogP contribution < -0.4 is 0 Å². The van der Waals surface area contributed by atoms with Crippen molar-refractivity contribution in [3.63, 3.8) is 0 Å². The number of likely N-dealkylation sites (tertiary alicyclic amines) is 1. The zero-order valence-electron chi connectivity index (χ0n) is 17.8.